The molecule has 2 aliphatic heterocycles. The molecule has 1 aromatic heterocycles. The predicted molar refractivity (Wildman–Crippen MR) is 124 cm³/mol. The van der Waals surface area contributed by atoms with Crippen molar-refractivity contribution < 1.29 is 32.0 Å². The van der Waals surface area contributed by atoms with Crippen LogP contribution in [0.2, 0.25) is 0 Å². The summed E-state index contributed by atoms with van der Waals surface area (Å²) in [5.74, 6) is 1.88. The third-order valence-corrected chi connectivity index (χ3v) is 7.09. The molecule has 0 spiro atoms. The van der Waals surface area contributed by atoms with Crippen LogP contribution >= 0.6 is 11.8 Å². The largest absolute Gasteiger partial charge is 0.459 e. The summed E-state index contributed by atoms with van der Waals surface area (Å²) in [4.78, 5) is 21.3. The number of ether oxygens (including phenoxy) is 2. The number of urea groups is 1. The van der Waals surface area contributed by atoms with Gasteiger partial charge in [0, 0.05) is 50.7 Å². The monoisotopic (exact) mass is 514 g/mol. The quantitative estimate of drug-likeness (QED) is 0.518. The average Bonchev–Trinajstić information content (AvgIpc) is 3.32. The number of benzene rings is 1. The molecule has 3 heterocycles. The topological polar surface area (TPSA) is 80.9 Å². The van der Waals surface area contributed by atoms with Crippen LogP contribution in [0.25, 0.3) is 0 Å². The second-order valence-corrected chi connectivity index (χ2v) is 9.93. The fourth-order valence-corrected chi connectivity index (χ4v) is 5.33. The molecule has 0 aliphatic carbocycles. The Bertz CT molecular complexity index is 966. The lowest BCUT2D eigenvalue weighted by molar-refractivity contribution is -0.127. The van der Waals surface area contributed by atoms with Crippen LogP contribution in [-0.4, -0.2) is 90.2 Å². The second kappa shape index (κ2) is 11.5. The zero-order chi connectivity index (χ0) is 24.8. The van der Waals surface area contributed by atoms with Crippen molar-refractivity contribution in [1.82, 2.24) is 19.9 Å². The van der Waals surface area contributed by atoms with Crippen LogP contribution in [0.15, 0.2) is 28.8 Å². The molecule has 192 valence electrons. The SMILES string of the molecule is COCCOc1noc(C2CC(c3ccc(CC(F)(F)F)cc3)CN(C(=O)N3CCSCC3)C2)n1. The molecule has 0 radical (unpaired) electrons. The van der Waals surface area contributed by atoms with E-state index in [-0.39, 0.29) is 36.0 Å². The standard InChI is InChI=1S/C23H29F3N4O4S/c1-32-8-9-33-21-27-20(34-28-21)19-12-18(17-4-2-16(3-5-17)13-23(24,25)26)14-30(15-19)22(31)29-6-10-35-11-7-29/h2-5,18-19H,6-15H2,1H3. The van der Waals surface area contributed by atoms with E-state index < -0.39 is 12.6 Å². The van der Waals surface area contributed by atoms with Crippen LogP contribution in [0.4, 0.5) is 18.0 Å². The van der Waals surface area contributed by atoms with Gasteiger partial charge in [-0.3, -0.25) is 0 Å². The Morgan fingerprint density at radius 2 is 1.83 bits per heavy atom. The first-order valence-corrected chi connectivity index (χ1v) is 12.7. The Hall–Kier alpha value is -2.47. The van der Waals surface area contributed by atoms with Gasteiger partial charge in [-0.25, -0.2) is 4.79 Å². The summed E-state index contributed by atoms with van der Waals surface area (Å²) < 4.78 is 54.1. The Morgan fingerprint density at radius 3 is 2.51 bits per heavy atom. The summed E-state index contributed by atoms with van der Waals surface area (Å²) in [6.07, 6.45) is -4.60. The summed E-state index contributed by atoms with van der Waals surface area (Å²) in [5.41, 5.74) is 1.09. The molecular weight excluding hydrogens is 485 g/mol. The van der Waals surface area contributed by atoms with Crippen molar-refractivity contribution in [3.63, 3.8) is 0 Å². The molecular formula is C23H29F3N4O4S. The highest BCUT2D eigenvalue weighted by molar-refractivity contribution is 7.99. The normalized spacial score (nSPS) is 21.3. The van der Waals surface area contributed by atoms with E-state index in [1.54, 1.807) is 24.1 Å². The number of aromatic nitrogens is 2. The van der Waals surface area contributed by atoms with E-state index in [2.05, 4.69) is 10.1 Å². The van der Waals surface area contributed by atoms with Crippen molar-refractivity contribution >= 4 is 17.8 Å². The number of amides is 2. The number of piperidine rings is 1. The molecule has 12 heteroatoms. The van der Waals surface area contributed by atoms with E-state index in [0.717, 1.165) is 17.1 Å². The number of hydrogen-bond acceptors (Lipinski definition) is 7. The minimum absolute atomic E-state index is 0.0372. The van der Waals surface area contributed by atoms with Crippen molar-refractivity contribution in [3.8, 4) is 6.01 Å². The van der Waals surface area contributed by atoms with Gasteiger partial charge in [0.15, 0.2) is 0 Å². The number of alkyl halides is 3. The smallest absolute Gasteiger partial charge is 0.393 e. The molecule has 35 heavy (non-hydrogen) atoms. The number of rotatable bonds is 7. The molecule has 0 bridgehead atoms. The van der Waals surface area contributed by atoms with Crippen LogP contribution in [0.3, 0.4) is 0 Å². The Labute approximate surface area is 206 Å². The number of nitrogens with zero attached hydrogens (tertiary/aromatic N) is 4. The summed E-state index contributed by atoms with van der Waals surface area (Å²) >= 11 is 1.82. The lowest BCUT2D eigenvalue weighted by Crippen LogP contribution is -2.51. The highest BCUT2D eigenvalue weighted by atomic mass is 32.2. The summed E-state index contributed by atoms with van der Waals surface area (Å²) in [6.45, 7) is 2.95. The van der Waals surface area contributed by atoms with Gasteiger partial charge in [0.25, 0.3) is 0 Å². The molecule has 2 atom stereocenters. The first kappa shape index (κ1) is 25.6. The van der Waals surface area contributed by atoms with Crippen LogP contribution < -0.4 is 4.74 Å². The first-order chi connectivity index (χ1) is 16.8. The van der Waals surface area contributed by atoms with Crippen LogP contribution in [0, 0.1) is 0 Å². The maximum atomic E-state index is 13.3. The number of methoxy groups -OCH3 is 1. The van der Waals surface area contributed by atoms with Crippen LogP contribution in [0.5, 0.6) is 6.01 Å². The van der Waals surface area contributed by atoms with Gasteiger partial charge >= 0.3 is 18.2 Å². The number of likely N-dealkylation sites (tertiary alicyclic amines) is 1. The van der Waals surface area contributed by atoms with E-state index in [0.29, 0.717) is 45.1 Å². The van der Waals surface area contributed by atoms with Gasteiger partial charge in [-0.1, -0.05) is 24.3 Å². The molecule has 2 saturated heterocycles. The molecule has 8 nitrogen and oxygen atoms in total. The Morgan fingerprint density at radius 1 is 1.11 bits per heavy atom. The van der Waals surface area contributed by atoms with Crippen molar-refractivity contribution in [3.05, 3.63) is 41.3 Å². The summed E-state index contributed by atoms with van der Waals surface area (Å²) in [7, 11) is 1.56. The number of thioether (sulfide) groups is 1. The molecule has 2 aliphatic rings. The molecule has 4 rings (SSSR count). The molecule has 1 aromatic carbocycles. The maximum Gasteiger partial charge on any atom is 0.393 e. The Kier molecular flexibility index (Phi) is 8.42. The Balaban J connectivity index is 1.52. The van der Waals surface area contributed by atoms with Crippen molar-refractivity contribution in [2.75, 3.05) is 58.0 Å². The van der Waals surface area contributed by atoms with Crippen LogP contribution in [-0.2, 0) is 11.2 Å². The minimum atomic E-state index is -4.26. The molecule has 2 unspecified atom stereocenters. The highest BCUT2D eigenvalue weighted by Crippen LogP contribution is 2.36. The van der Waals surface area contributed by atoms with E-state index in [9.17, 15) is 18.0 Å². The van der Waals surface area contributed by atoms with Gasteiger partial charge in [0.2, 0.25) is 5.89 Å². The van der Waals surface area contributed by atoms with Gasteiger partial charge in [-0.05, 0) is 22.7 Å². The number of carbonyl (C=O) groups is 1. The molecule has 2 aromatic rings. The molecule has 2 amide bonds. The third-order valence-electron chi connectivity index (χ3n) is 6.15. The summed E-state index contributed by atoms with van der Waals surface area (Å²) in [6, 6.07) is 6.54. The first-order valence-electron chi connectivity index (χ1n) is 11.5. The van der Waals surface area contributed by atoms with Gasteiger partial charge < -0.3 is 23.8 Å². The van der Waals surface area contributed by atoms with Crippen molar-refractivity contribution in [2.24, 2.45) is 0 Å². The number of hydrogen-bond donors (Lipinski definition) is 0. The van der Waals surface area contributed by atoms with E-state index in [4.69, 9.17) is 14.0 Å². The van der Waals surface area contributed by atoms with E-state index >= 15 is 0 Å². The zero-order valence-corrected chi connectivity index (χ0v) is 20.3. The van der Waals surface area contributed by atoms with Gasteiger partial charge in [0.1, 0.15) is 6.61 Å². The number of halogens is 3. The predicted octanol–water partition coefficient (Wildman–Crippen LogP) is 3.94. The van der Waals surface area contributed by atoms with E-state index in [1.165, 1.54) is 12.1 Å². The number of carbonyl (C=O) groups excluding carboxylic acids is 1. The van der Waals surface area contributed by atoms with Gasteiger partial charge in [-0.15, -0.1) is 0 Å². The third kappa shape index (κ3) is 7.03. The second-order valence-electron chi connectivity index (χ2n) is 8.71. The average molecular weight is 515 g/mol. The lowest BCUT2D eigenvalue weighted by Gasteiger charge is -2.40. The summed E-state index contributed by atoms with van der Waals surface area (Å²) in [5, 5.41) is 3.88. The maximum absolute atomic E-state index is 13.3. The lowest BCUT2D eigenvalue weighted by atomic mass is 9.84. The van der Waals surface area contributed by atoms with Crippen molar-refractivity contribution in [1.29, 1.82) is 0 Å². The fraction of sp³-hybridized carbons (Fsp3) is 0.609. The van der Waals surface area contributed by atoms with Gasteiger partial charge in [0.05, 0.1) is 18.9 Å². The fourth-order valence-electron chi connectivity index (χ4n) is 4.43. The molecule has 0 N–H and O–H groups in total. The van der Waals surface area contributed by atoms with Crippen LogP contribution in [0.1, 0.15) is 35.3 Å². The highest BCUT2D eigenvalue weighted by Gasteiger charge is 2.36. The van der Waals surface area contributed by atoms with Crippen molar-refractivity contribution in [2.45, 2.75) is 30.9 Å². The molecule has 2 fully saturated rings. The molecule has 0 saturated carbocycles. The zero-order valence-electron chi connectivity index (χ0n) is 19.5. The minimum Gasteiger partial charge on any atom is -0.459 e. The van der Waals surface area contributed by atoms with Gasteiger partial charge in [-0.2, -0.15) is 29.9 Å². The van der Waals surface area contributed by atoms with E-state index in [1.807, 2.05) is 16.7 Å².